The van der Waals surface area contributed by atoms with Gasteiger partial charge < -0.3 is 5.73 Å². The number of nitrogens with zero attached hydrogens (tertiary/aromatic N) is 4. The van der Waals surface area contributed by atoms with E-state index in [2.05, 4.69) is 14.9 Å². The zero-order chi connectivity index (χ0) is 16.4. The Hall–Kier alpha value is -2.85. The van der Waals surface area contributed by atoms with Crippen LogP contribution in [0.25, 0.3) is 0 Å². The number of fused-ring (bicyclic) bond motifs is 1. The van der Waals surface area contributed by atoms with Crippen LogP contribution in [0, 0.1) is 17.1 Å². The first kappa shape index (κ1) is 15.1. The Morgan fingerprint density at radius 2 is 2.30 bits per heavy atom. The molecule has 0 saturated heterocycles. The Kier molecular flexibility index (Phi) is 4.00. The second-order valence-corrected chi connectivity index (χ2v) is 5.42. The highest BCUT2D eigenvalue weighted by Gasteiger charge is 2.20. The maximum absolute atomic E-state index is 13.4. The third-order valence-electron chi connectivity index (χ3n) is 3.80. The van der Waals surface area contributed by atoms with Crippen LogP contribution in [0.5, 0.6) is 0 Å². The molecule has 6 nitrogen and oxygen atoms in total. The molecule has 0 unspecified atom stereocenters. The summed E-state index contributed by atoms with van der Waals surface area (Å²) >= 11 is 0. The SMILES string of the molecule is N#Cc1cc(CN2CCc3cnc(C(N)=O)nc3C2)ccc1F. The van der Waals surface area contributed by atoms with Crippen LogP contribution >= 0.6 is 0 Å². The number of aromatic nitrogens is 2. The molecule has 1 aromatic heterocycles. The molecule has 0 atom stereocenters. The van der Waals surface area contributed by atoms with E-state index in [1.165, 1.54) is 6.07 Å². The van der Waals surface area contributed by atoms with Gasteiger partial charge in [-0.15, -0.1) is 0 Å². The molecule has 2 heterocycles. The fourth-order valence-corrected chi connectivity index (χ4v) is 2.63. The first-order valence-corrected chi connectivity index (χ1v) is 7.12. The Morgan fingerprint density at radius 1 is 1.48 bits per heavy atom. The summed E-state index contributed by atoms with van der Waals surface area (Å²) in [5.74, 6) is -1.15. The van der Waals surface area contributed by atoms with Crippen molar-refractivity contribution in [3.63, 3.8) is 0 Å². The number of nitrogens with two attached hydrogens (primary N) is 1. The lowest BCUT2D eigenvalue weighted by Crippen LogP contribution is -2.32. The second kappa shape index (κ2) is 6.10. The van der Waals surface area contributed by atoms with Crippen molar-refractivity contribution in [3.8, 4) is 6.07 Å². The molecule has 0 fully saturated rings. The third kappa shape index (κ3) is 3.17. The largest absolute Gasteiger partial charge is 0.363 e. The zero-order valence-electron chi connectivity index (χ0n) is 12.3. The van der Waals surface area contributed by atoms with Crippen LogP contribution in [0.1, 0.15) is 33.0 Å². The van der Waals surface area contributed by atoms with Gasteiger partial charge in [0, 0.05) is 25.8 Å². The minimum absolute atomic E-state index is 0.0131. The molecular weight excluding hydrogens is 297 g/mol. The highest BCUT2D eigenvalue weighted by molar-refractivity contribution is 5.88. The number of primary amides is 1. The number of hydrogen-bond acceptors (Lipinski definition) is 5. The monoisotopic (exact) mass is 311 g/mol. The molecule has 1 aliphatic rings. The van der Waals surface area contributed by atoms with Crippen LogP contribution in [-0.4, -0.2) is 27.3 Å². The first-order valence-electron chi connectivity index (χ1n) is 7.12. The van der Waals surface area contributed by atoms with Crippen molar-refractivity contribution in [1.29, 1.82) is 5.26 Å². The van der Waals surface area contributed by atoms with E-state index >= 15 is 0 Å². The number of carbonyl (C=O) groups excluding carboxylic acids is 1. The number of rotatable bonds is 3. The number of hydrogen-bond donors (Lipinski definition) is 1. The van der Waals surface area contributed by atoms with Crippen molar-refractivity contribution >= 4 is 5.91 Å². The molecule has 0 spiro atoms. The van der Waals surface area contributed by atoms with Crippen LogP contribution < -0.4 is 5.73 Å². The van der Waals surface area contributed by atoms with E-state index in [1.807, 2.05) is 6.07 Å². The molecule has 1 aliphatic heterocycles. The molecule has 2 N–H and O–H groups in total. The number of benzene rings is 1. The Labute approximate surface area is 132 Å². The molecule has 1 amide bonds. The predicted molar refractivity (Wildman–Crippen MR) is 79.5 cm³/mol. The number of halogens is 1. The summed E-state index contributed by atoms with van der Waals surface area (Å²) in [5.41, 5.74) is 7.89. The number of carbonyl (C=O) groups is 1. The molecular formula is C16H14FN5O. The van der Waals surface area contributed by atoms with Gasteiger partial charge in [0.25, 0.3) is 5.91 Å². The maximum atomic E-state index is 13.4. The fourth-order valence-electron chi connectivity index (χ4n) is 2.63. The third-order valence-corrected chi connectivity index (χ3v) is 3.80. The lowest BCUT2D eigenvalue weighted by Gasteiger charge is -2.27. The zero-order valence-corrected chi connectivity index (χ0v) is 12.3. The minimum atomic E-state index is -0.651. The summed E-state index contributed by atoms with van der Waals surface area (Å²) in [6.45, 7) is 1.92. The van der Waals surface area contributed by atoms with Crippen molar-refractivity contribution in [3.05, 3.63) is 58.4 Å². The van der Waals surface area contributed by atoms with Gasteiger partial charge in [-0.3, -0.25) is 9.69 Å². The molecule has 0 saturated carbocycles. The summed E-state index contributed by atoms with van der Waals surface area (Å²) < 4.78 is 13.4. The van der Waals surface area contributed by atoms with Crippen molar-refractivity contribution < 1.29 is 9.18 Å². The van der Waals surface area contributed by atoms with Crippen molar-refractivity contribution in [1.82, 2.24) is 14.9 Å². The van der Waals surface area contributed by atoms with Crippen LogP contribution in [0.2, 0.25) is 0 Å². The van der Waals surface area contributed by atoms with Crippen LogP contribution in [0.15, 0.2) is 24.4 Å². The second-order valence-electron chi connectivity index (χ2n) is 5.42. The van der Waals surface area contributed by atoms with Gasteiger partial charge in [0.05, 0.1) is 11.3 Å². The summed E-state index contributed by atoms with van der Waals surface area (Å²) in [4.78, 5) is 21.5. The van der Waals surface area contributed by atoms with Crippen molar-refractivity contribution in [2.75, 3.05) is 6.54 Å². The van der Waals surface area contributed by atoms with Gasteiger partial charge in [-0.2, -0.15) is 5.26 Å². The molecule has 0 bridgehead atoms. The molecule has 2 aromatic rings. The normalized spacial score (nSPS) is 14.1. The number of nitriles is 1. The molecule has 23 heavy (non-hydrogen) atoms. The van der Waals surface area contributed by atoms with Gasteiger partial charge in [-0.25, -0.2) is 14.4 Å². The summed E-state index contributed by atoms with van der Waals surface area (Å²) in [6.07, 6.45) is 2.41. The molecule has 3 rings (SSSR count). The van der Waals surface area contributed by atoms with E-state index in [9.17, 15) is 9.18 Å². The summed E-state index contributed by atoms with van der Waals surface area (Å²) in [5, 5.41) is 8.90. The highest BCUT2D eigenvalue weighted by Crippen LogP contribution is 2.19. The van der Waals surface area contributed by atoms with Gasteiger partial charge >= 0.3 is 0 Å². The van der Waals surface area contributed by atoms with E-state index in [-0.39, 0.29) is 11.4 Å². The Bertz CT molecular complexity index is 815. The van der Waals surface area contributed by atoms with Gasteiger partial charge in [-0.05, 0) is 29.7 Å². The van der Waals surface area contributed by atoms with Gasteiger partial charge in [0.1, 0.15) is 11.9 Å². The Balaban J connectivity index is 1.78. The standard InChI is InChI=1S/C16H14FN5O/c17-13-2-1-10(5-12(13)6-18)8-22-4-3-11-7-20-16(15(19)23)21-14(11)9-22/h1-2,5,7H,3-4,8-9H2,(H2,19,23). The maximum Gasteiger partial charge on any atom is 0.286 e. The van der Waals surface area contributed by atoms with Gasteiger partial charge in [0.2, 0.25) is 5.82 Å². The topological polar surface area (TPSA) is 95.9 Å². The first-order chi connectivity index (χ1) is 11.1. The van der Waals surface area contributed by atoms with Gasteiger partial charge in [0.15, 0.2) is 0 Å². The lowest BCUT2D eigenvalue weighted by molar-refractivity contribution is 0.0989. The average Bonchev–Trinajstić information content (AvgIpc) is 2.56. The molecule has 1 aromatic carbocycles. The Morgan fingerprint density at radius 3 is 3.04 bits per heavy atom. The molecule has 7 heteroatoms. The molecule has 0 aliphatic carbocycles. The quantitative estimate of drug-likeness (QED) is 0.917. The predicted octanol–water partition coefficient (Wildman–Crippen LogP) is 1.14. The van der Waals surface area contributed by atoms with Crippen LogP contribution in [0.3, 0.4) is 0 Å². The van der Waals surface area contributed by atoms with Crippen molar-refractivity contribution in [2.45, 2.75) is 19.5 Å². The van der Waals surface area contributed by atoms with E-state index in [0.29, 0.717) is 13.1 Å². The van der Waals surface area contributed by atoms with E-state index in [0.717, 1.165) is 29.8 Å². The lowest BCUT2D eigenvalue weighted by atomic mass is 10.1. The van der Waals surface area contributed by atoms with Crippen LogP contribution in [-0.2, 0) is 19.5 Å². The van der Waals surface area contributed by atoms with Crippen LogP contribution in [0.4, 0.5) is 4.39 Å². The van der Waals surface area contributed by atoms with E-state index < -0.39 is 11.7 Å². The van der Waals surface area contributed by atoms with Gasteiger partial charge in [-0.1, -0.05) is 6.07 Å². The highest BCUT2D eigenvalue weighted by atomic mass is 19.1. The molecule has 0 radical (unpaired) electrons. The summed E-state index contributed by atoms with van der Waals surface area (Å²) in [7, 11) is 0. The summed E-state index contributed by atoms with van der Waals surface area (Å²) in [6, 6.07) is 6.37. The fraction of sp³-hybridized carbons (Fsp3) is 0.250. The van der Waals surface area contributed by atoms with Crippen molar-refractivity contribution in [2.24, 2.45) is 5.73 Å². The smallest absolute Gasteiger partial charge is 0.286 e. The average molecular weight is 311 g/mol. The number of amides is 1. The minimum Gasteiger partial charge on any atom is -0.363 e. The van der Waals surface area contributed by atoms with E-state index in [4.69, 9.17) is 11.0 Å². The van der Waals surface area contributed by atoms with E-state index in [1.54, 1.807) is 18.3 Å². The molecule has 116 valence electrons.